The topological polar surface area (TPSA) is 77.0 Å². The zero-order valence-electron chi connectivity index (χ0n) is 12.5. The van der Waals surface area contributed by atoms with Crippen LogP contribution in [0, 0.1) is 0 Å². The van der Waals surface area contributed by atoms with E-state index in [0.717, 1.165) is 11.3 Å². The van der Waals surface area contributed by atoms with Gasteiger partial charge in [0.2, 0.25) is 0 Å². The maximum Gasteiger partial charge on any atom is 0.351 e. The summed E-state index contributed by atoms with van der Waals surface area (Å²) in [6.45, 7) is 4.35. The number of benzene rings is 1. The SMILES string of the molecule is CC.COc1ccc(Cn2c(SC)nc(=O)[nH]c2=O)cc1. The van der Waals surface area contributed by atoms with Gasteiger partial charge in [-0.15, -0.1) is 0 Å². The van der Waals surface area contributed by atoms with Crippen molar-refractivity contribution in [2.45, 2.75) is 25.5 Å². The summed E-state index contributed by atoms with van der Waals surface area (Å²) in [4.78, 5) is 28.9. The van der Waals surface area contributed by atoms with Crippen LogP contribution in [0.4, 0.5) is 0 Å². The third-order valence-electron chi connectivity index (χ3n) is 2.57. The summed E-state index contributed by atoms with van der Waals surface area (Å²) in [7, 11) is 1.59. The predicted octanol–water partition coefficient (Wildman–Crippen LogP) is 1.74. The molecule has 0 bridgehead atoms. The molecule has 2 aromatic rings. The van der Waals surface area contributed by atoms with Crippen molar-refractivity contribution in [2.75, 3.05) is 13.4 Å². The molecule has 0 aliphatic carbocycles. The van der Waals surface area contributed by atoms with Crippen LogP contribution in [0.2, 0.25) is 0 Å². The Morgan fingerprint density at radius 2 is 1.86 bits per heavy atom. The molecular weight excluding hydrogens is 290 g/mol. The average Bonchev–Trinajstić information content (AvgIpc) is 2.52. The van der Waals surface area contributed by atoms with E-state index in [0.29, 0.717) is 11.7 Å². The van der Waals surface area contributed by atoms with Crippen molar-refractivity contribution in [2.24, 2.45) is 0 Å². The lowest BCUT2D eigenvalue weighted by atomic mass is 10.2. The highest BCUT2D eigenvalue weighted by Crippen LogP contribution is 2.14. The molecule has 1 heterocycles. The van der Waals surface area contributed by atoms with E-state index in [1.807, 2.05) is 38.1 Å². The number of rotatable bonds is 4. The lowest BCUT2D eigenvalue weighted by Crippen LogP contribution is -2.33. The molecule has 0 fully saturated rings. The molecular formula is C14H19N3O3S. The van der Waals surface area contributed by atoms with Gasteiger partial charge >= 0.3 is 11.4 Å². The minimum Gasteiger partial charge on any atom is -0.497 e. The number of hydrogen-bond acceptors (Lipinski definition) is 5. The fourth-order valence-electron chi connectivity index (χ4n) is 1.63. The molecule has 0 amide bonds. The molecule has 0 saturated heterocycles. The molecule has 0 aliphatic rings. The van der Waals surface area contributed by atoms with Gasteiger partial charge in [0, 0.05) is 0 Å². The molecule has 1 aromatic heterocycles. The first-order valence-corrected chi connectivity index (χ1v) is 7.74. The molecule has 0 aliphatic heterocycles. The van der Waals surface area contributed by atoms with Crippen LogP contribution in [-0.2, 0) is 6.54 Å². The molecule has 0 atom stereocenters. The average molecular weight is 309 g/mol. The number of nitrogens with zero attached hydrogens (tertiary/aromatic N) is 2. The lowest BCUT2D eigenvalue weighted by Gasteiger charge is -2.09. The maximum absolute atomic E-state index is 11.8. The van der Waals surface area contributed by atoms with Gasteiger partial charge in [-0.25, -0.2) is 9.59 Å². The van der Waals surface area contributed by atoms with Crippen molar-refractivity contribution in [3.05, 3.63) is 50.8 Å². The van der Waals surface area contributed by atoms with Gasteiger partial charge < -0.3 is 4.74 Å². The van der Waals surface area contributed by atoms with Gasteiger partial charge in [0.25, 0.3) is 0 Å². The lowest BCUT2D eigenvalue weighted by molar-refractivity contribution is 0.414. The van der Waals surface area contributed by atoms with Crippen molar-refractivity contribution >= 4 is 11.8 Å². The van der Waals surface area contributed by atoms with Crippen LogP contribution in [0.25, 0.3) is 0 Å². The van der Waals surface area contributed by atoms with Gasteiger partial charge in [-0.2, -0.15) is 4.98 Å². The summed E-state index contributed by atoms with van der Waals surface area (Å²) in [5.41, 5.74) is -0.160. The van der Waals surface area contributed by atoms with Gasteiger partial charge in [-0.3, -0.25) is 9.55 Å². The second-order valence-corrected chi connectivity index (χ2v) is 4.54. The smallest absolute Gasteiger partial charge is 0.351 e. The second kappa shape index (κ2) is 8.31. The number of methoxy groups -OCH3 is 1. The molecule has 2 rings (SSSR count). The summed E-state index contributed by atoms with van der Waals surface area (Å²) in [5.74, 6) is 0.751. The van der Waals surface area contributed by atoms with E-state index in [-0.39, 0.29) is 0 Å². The molecule has 6 nitrogen and oxygen atoms in total. The van der Waals surface area contributed by atoms with Gasteiger partial charge in [-0.1, -0.05) is 37.7 Å². The fraction of sp³-hybridized carbons (Fsp3) is 0.357. The van der Waals surface area contributed by atoms with E-state index < -0.39 is 11.4 Å². The van der Waals surface area contributed by atoms with Crippen LogP contribution < -0.4 is 16.1 Å². The van der Waals surface area contributed by atoms with Gasteiger partial charge in [0.1, 0.15) is 5.75 Å². The first-order chi connectivity index (χ1) is 10.1. The monoisotopic (exact) mass is 309 g/mol. The molecule has 114 valence electrons. The van der Waals surface area contributed by atoms with Crippen molar-refractivity contribution in [1.29, 1.82) is 0 Å². The quantitative estimate of drug-likeness (QED) is 0.871. The standard InChI is InChI=1S/C12H13N3O3S.C2H6/c1-18-9-5-3-8(4-6-9)7-15-11(17)13-10(16)14-12(15)19-2;1-2/h3-6H,7H2,1-2H3,(H,13,16,17);1-2H3. The number of hydrogen-bond donors (Lipinski definition) is 1. The second-order valence-electron chi connectivity index (χ2n) is 3.77. The van der Waals surface area contributed by atoms with E-state index >= 15 is 0 Å². The first kappa shape index (κ1) is 17.0. The molecule has 0 saturated carbocycles. The molecule has 1 N–H and O–H groups in total. The molecule has 0 spiro atoms. The predicted molar refractivity (Wildman–Crippen MR) is 84.3 cm³/mol. The number of H-pyrrole nitrogens is 1. The molecule has 21 heavy (non-hydrogen) atoms. The van der Waals surface area contributed by atoms with Crippen molar-refractivity contribution in [3.8, 4) is 5.75 Å². The minimum absolute atomic E-state index is 0.350. The van der Waals surface area contributed by atoms with Crippen LogP contribution in [0.1, 0.15) is 19.4 Å². The van der Waals surface area contributed by atoms with Crippen molar-refractivity contribution < 1.29 is 4.74 Å². The number of thioether (sulfide) groups is 1. The molecule has 0 radical (unpaired) electrons. The van der Waals surface area contributed by atoms with Crippen molar-refractivity contribution in [3.63, 3.8) is 0 Å². The van der Waals surface area contributed by atoms with E-state index in [1.54, 1.807) is 13.4 Å². The van der Waals surface area contributed by atoms with Crippen LogP contribution in [0.3, 0.4) is 0 Å². The zero-order chi connectivity index (χ0) is 15.8. The van der Waals surface area contributed by atoms with Gasteiger partial charge in [-0.05, 0) is 24.0 Å². The fourth-order valence-corrected chi connectivity index (χ4v) is 2.17. The highest BCUT2D eigenvalue weighted by Gasteiger charge is 2.07. The number of ether oxygens (including phenoxy) is 1. The highest BCUT2D eigenvalue weighted by atomic mass is 32.2. The Hall–Kier alpha value is -2.02. The molecule has 0 unspecified atom stereocenters. The summed E-state index contributed by atoms with van der Waals surface area (Å²) in [6.07, 6.45) is 1.77. The number of nitrogens with one attached hydrogen (secondary N) is 1. The normalized spacial score (nSPS) is 9.71. The Labute approximate surface area is 127 Å². The van der Waals surface area contributed by atoms with Crippen molar-refractivity contribution in [1.82, 2.24) is 14.5 Å². The Balaban J connectivity index is 0.00000106. The van der Waals surface area contributed by atoms with Crippen LogP contribution in [0.15, 0.2) is 39.0 Å². The summed E-state index contributed by atoms with van der Waals surface area (Å²) in [5, 5.41) is 0.393. The van der Waals surface area contributed by atoms with E-state index in [4.69, 9.17) is 4.74 Å². The third-order valence-corrected chi connectivity index (χ3v) is 3.25. The Morgan fingerprint density at radius 1 is 1.24 bits per heavy atom. The first-order valence-electron chi connectivity index (χ1n) is 6.52. The maximum atomic E-state index is 11.8. The van der Waals surface area contributed by atoms with Gasteiger partial charge in [0.15, 0.2) is 5.16 Å². The molecule has 7 heteroatoms. The minimum atomic E-state index is -0.625. The Bertz CT molecular complexity index is 677. The van der Waals surface area contributed by atoms with Gasteiger partial charge in [0.05, 0.1) is 13.7 Å². The van der Waals surface area contributed by atoms with E-state index in [1.165, 1.54) is 16.3 Å². The number of aromatic amines is 1. The van der Waals surface area contributed by atoms with Crippen LogP contribution in [0.5, 0.6) is 5.75 Å². The third kappa shape index (κ3) is 4.49. The summed E-state index contributed by atoms with van der Waals surface area (Å²) >= 11 is 1.26. The summed E-state index contributed by atoms with van der Waals surface area (Å²) < 4.78 is 6.50. The Kier molecular flexibility index (Phi) is 6.74. The van der Waals surface area contributed by atoms with E-state index in [2.05, 4.69) is 9.97 Å². The van der Waals surface area contributed by atoms with Crippen LogP contribution in [-0.4, -0.2) is 27.9 Å². The summed E-state index contributed by atoms with van der Waals surface area (Å²) in [6, 6.07) is 7.36. The number of aromatic nitrogens is 3. The largest absolute Gasteiger partial charge is 0.497 e. The molecule has 1 aromatic carbocycles. The Morgan fingerprint density at radius 3 is 2.38 bits per heavy atom. The van der Waals surface area contributed by atoms with E-state index in [9.17, 15) is 9.59 Å². The highest BCUT2D eigenvalue weighted by molar-refractivity contribution is 7.98. The zero-order valence-corrected chi connectivity index (χ0v) is 13.4. The van der Waals surface area contributed by atoms with Crippen LogP contribution >= 0.6 is 11.8 Å².